The Labute approximate surface area is 94.5 Å². The maximum absolute atomic E-state index is 11.1. The van der Waals surface area contributed by atoms with Crippen LogP contribution in [0.1, 0.15) is 34.1 Å². The van der Waals surface area contributed by atoms with Gasteiger partial charge in [-0.25, -0.2) is 0 Å². The van der Waals surface area contributed by atoms with Crippen LogP contribution >= 0.6 is 23.0 Å². The molecule has 1 atom stereocenters. The van der Waals surface area contributed by atoms with E-state index in [0.717, 1.165) is 0 Å². The molecule has 0 aromatic heterocycles. The fourth-order valence-electron chi connectivity index (χ4n) is 0.826. The number of carbonyl (C=O) groups excluding carboxylic acids is 1. The molecule has 0 radical (unpaired) electrons. The summed E-state index contributed by atoms with van der Waals surface area (Å²) in [7, 11) is 0. The first-order chi connectivity index (χ1) is 6.13. The van der Waals surface area contributed by atoms with Crippen molar-refractivity contribution in [2.75, 3.05) is 13.2 Å². The zero-order chi connectivity index (χ0) is 10.9. The van der Waals surface area contributed by atoms with Gasteiger partial charge in [0, 0.05) is 0 Å². The molecule has 4 heteroatoms. The number of hydrogen-bond acceptors (Lipinski definition) is 3. The number of aliphatic hydroxyl groups is 1. The van der Waals surface area contributed by atoms with Gasteiger partial charge in [-0.1, -0.05) is 20.8 Å². The summed E-state index contributed by atoms with van der Waals surface area (Å²) in [5.74, 6) is -0.0147. The van der Waals surface area contributed by atoms with Crippen LogP contribution in [0, 0.1) is 5.41 Å². The van der Waals surface area contributed by atoms with E-state index in [2.05, 4.69) is 0 Å². The average molecular weight is 302 g/mol. The normalized spacial score (nSPS) is 14.0. The monoisotopic (exact) mass is 302 g/mol. The predicted molar refractivity (Wildman–Crippen MR) is 61.8 cm³/mol. The van der Waals surface area contributed by atoms with E-state index in [0.29, 0.717) is 6.42 Å². The largest absolute Gasteiger partial charge is 0.395 e. The molecular weight excluding hydrogens is 283 g/mol. The minimum atomic E-state index is -0.679. The summed E-state index contributed by atoms with van der Waals surface area (Å²) >= 11 is 1.73. The van der Waals surface area contributed by atoms with Crippen LogP contribution in [0.2, 0.25) is 0 Å². The van der Waals surface area contributed by atoms with E-state index in [1.54, 1.807) is 23.0 Å². The van der Waals surface area contributed by atoms with Gasteiger partial charge >= 0.3 is 0 Å². The Balaban J connectivity index is 0. The van der Waals surface area contributed by atoms with Gasteiger partial charge in [0.25, 0.3) is 0 Å². The van der Waals surface area contributed by atoms with E-state index in [-0.39, 0.29) is 19.0 Å². The molecule has 3 nitrogen and oxygen atoms in total. The first-order valence-electron chi connectivity index (χ1n) is 4.48. The number of hydrogen-bond donors (Lipinski definition) is 1. The van der Waals surface area contributed by atoms with Gasteiger partial charge in [-0.05, 0) is 13.3 Å². The van der Waals surface area contributed by atoms with E-state index in [9.17, 15) is 4.79 Å². The van der Waals surface area contributed by atoms with E-state index in [1.165, 1.54) is 6.92 Å². The summed E-state index contributed by atoms with van der Waals surface area (Å²) in [5, 5.41) is 8.97. The Morgan fingerprint density at radius 2 is 2.00 bits per heavy atom. The third-order valence-electron chi connectivity index (χ3n) is 2.06. The summed E-state index contributed by atoms with van der Waals surface area (Å²) in [6.45, 7) is 7.50. The molecule has 0 aliphatic rings. The molecular formula is C9H19IO3. The molecule has 0 heterocycles. The lowest BCUT2D eigenvalue weighted by Gasteiger charge is -2.25. The fraction of sp³-hybridized carbons (Fsp3) is 0.889. The van der Waals surface area contributed by atoms with Crippen molar-refractivity contribution in [1.82, 2.24) is 0 Å². The minimum Gasteiger partial charge on any atom is -0.395 e. The van der Waals surface area contributed by atoms with Crippen LogP contribution in [0.3, 0.4) is 0 Å². The van der Waals surface area contributed by atoms with Crippen LogP contribution in [-0.2, 0) is 7.86 Å². The Morgan fingerprint density at radius 3 is 2.08 bits per heavy atom. The molecule has 80 valence electrons. The molecule has 0 aliphatic heterocycles. The van der Waals surface area contributed by atoms with E-state index < -0.39 is 5.41 Å². The van der Waals surface area contributed by atoms with Crippen molar-refractivity contribution in [2.45, 2.75) is 34.1 Å². The van der Waals surface area contributed by atoms with Crippen molar-refractivity contribution in [3.63, 3.8) is 0 Å². The van der Waals surface area contributed by atoms with Gasteiger partial charge in [-0.15, -0.1) is 0 Å². The molecule has 0 saturated carbocycles. The number of aliphatic hydroxyl groups excluding tert-OH is 1. The molecule has 0 saturated heterocycles. The van der Waals surface area contributed by atoms with Crippen molar-refractivity contribution < 1.29 is 13.0 Å². The third kappa shape index (κ3) is 4.93. The zero-order valence-electron chi connectivity index (χ0n) is 8.76. The number of rotatable bonds is 5. The Hall–Kier alpha value is 0.320. The van der Waals surface area contributed by atoms with Gasteiger partial charge in [0.2, 0.25) is 0 Å². The summed E-state index contributed by atoms with van der Waals surface area (Å²) in [6, 6.07) is 0. The highest BCUT2D eigenvalue weighted by atomic mass is 127. The topological polar surface area (TPSA) is 46.5 Å². The number of halogens is 1. The standard InChI is InChI=1S/C7H13IO3.C2H6/c1-3-7(4-9,5-11-8)6(2)10;1-2/h9H,3-5H2,1-2H3;1-2H3. The second-order valence-electron chi connectivity index (χ2n) is 2.60. The molecule has 0 fully saturated rings. The van der Waals surface area contributed by atoms with E-state index in [4.69, 9.17) is 8.17 Å². The molecule has 0 amide bonds. The van der Waals surface area contributed by atoms with Crippen LogP contribution in [0.5, 0.6) is 0 Å². The summed E-state index contributed by atoms with van der Waals surface area (Å²) in [5.41, 5.74) is -0.679. The molecule has 0 rings (SSSR count). The lowest BCUT2D eigenvalue weighted by molar-refractivity contribution is -0.130. The quantitative estimate of drug-likeness (QED) is 0.793. The molecule has 1 unspecified atom stereocenters. The van der Waals surface area contributed by atoms with Crippen molar-refractivity contribution in [3.05, 3.63) is 0 Å². The summed E-state index contributed by atoms with van der Waals surface area (Å²) < 4.78 is 4.84. The maximum atomic E-state index is 11.1. The van der Waals surface area contributed by atoms with Gasteiger partial charge in [-0.3, -0.25) is 4.79 Å². The lowest BCUT2D eigenvalue weighted by atomic mass is 9.83. The average Bonchev–Trinajstić information content (AvgIpc) is 2.17. The van der Waals surface area contributed by atoms with Crippen molar-refractivity contribution >= 4 is 28.8 Å². The highest BCUT2D eigenvalue weighted by molar-refractivity contribution is 14.1. The maximum Gasteiger partial charge on any atom is 0.140 e. The highest BCUT2D eigenvalue weighted by Crippen LogP contribution is 2.23. The van der Waals surface area contributed by atoms with Crippen molar-refractivity contribution in [2.24, 2.45) is 5.41 Å². The Kier molecular flexibility index (Phi) is 10.8. The second-order valence-corrected chi connectivity index (χ2v) is 3.22. The van der Waals surface area contributed by atoms with Crippen molar-refractivity contribution in [1.29, 1.82) is 0 Å². The first-order valence-corrected chi connectivity index (χ1v) is 5.36. The summed E-state index contributed by atoms with van der Waals surface area (Å²) in [4.78, 5) is 11.1. The van der Waals surface area contributed by atoms with Crippen LogP contribution in [0.15, 0.2) is 0 Å². The molecule has 0 spiro atoms. The van der Waals surface area contributed by atoms with Gasteiger partial charge < -0.3 is 8.17 Å². The van der Waals surface area contributed by atoms with Crippen LogP contribution in [0.25, 0.3) is 0 Å². The minimum absolute atomic E-state index is 0.0147. The molecule has 0 aromatic carbocycles. The molecule has 0 aromatic rings. The van der Waals surface area contributed by atoms with Gasteiger partial charge in [-0.2, -0.15) is 0 Å². The van der Waals surface area contributed by atoms with Crippen LogP contribution < -0.4 is 0 Å². The lowest BCUT2D eigenvalue weighted by Crippen LogP contribution is -2.36. The molecule has 1 N–H and O–H groups in total. The molecule has 0 bridgehead atoms. The van der Waals surface area contributed by atoms with Crippen LogP contribution in [0.4, 0.5) is 0 Å². The van der Waals surface area contributed by atoms with Crippen LogP contribution in [-0.4, -0.2) is 24.1 Å². The van der Waals surface area contributed by atoms with Gasteiger partial charge in [0.1, 0.15) is 28.8 Å². The smallest absolute Gasteiger partial charge is 0.140 e. The highest BCUT2D eigenvalue weighted by Gasteiger charge is 2.32. The Bertz CT molecular complexity index is 133. The summed E-state index contributed by atoms with van der Waals surface area (Å²) in [6.07, 6.45) is 0.613. The molecule has 0 aliphatic carbocycles. The number of carbonyl (C=O) groups is 1. The first kappa shape index (κ1) is 15.8. The number of ketones is 1. The van der Waals surface area contributed by atoms with Gasteiger partial charge in [0.05, 0.1) is 18.6 Å². The third-order valence-corrected chi connectivity index (χ3v) is 2.37. The fourth-order valence-corrected chi connectivity index (χ4v) is 1.42. The van der Waals surface area contributed by atoms with Gasteiger partial charge in [0.15, 0.2) is 0 Å². The van der Waals surface area contributed by atoms with E-state index >= 15 is 0 Å². The van der Waals surface area contributed by atoms with E-state index in [1.807, 2.05) is 20.8 Å². The number of Topliss-reactive ketones (excluding diaryl/α,β-unsaturated/α-hetero) is 1. The second kappa shape index (κ2) is 8.90. The predicted octanol–water partition coefficient (Wildman–Crippen LogP) is 2.36. The zero-order valence-corrected chi connectivity index (χ0v) is 10.9. The SMILES string of the molecule is CC.CCC(CO)(COI)C(C)=O. The molecule has 13 heavy (non-hydrogen) atoms. The van der Waals surface area contributed by atoms with Crippen molar-refractivity contribution in [3.8, 4) is 0 Å². The Morgan fingerprint density at radius 1 is 1.54 bits per heavy atom.